The van der Waals surface area contributed by atoms with Crippen LogP contribution in [-0.4, -0.2) is 29.8 Å². The molecule has 150 valence electrons. The third-order valence-electron chi connectivity index (χ3n) is 5.47. The maximum Gasteiger partial charge on any atom is 0.283 e. The lowest BCUT2D eigenvalue weighted by molar-refractivity contribution is -0.121. The molecule has 1 saturated heterocycles. The van der Waals surface area contributed by atoms with Gasteiger partial charge in [-0.3, -0.25) is 9.59 Å². The Morgan fingerprint density at radius 2 is 1.28 bits per heavy atom. The summed E-state index contributed by atoms with van der Waals surface area (Å²) >= 11 is 1.41. The predicted molar refractivity (Wildman–Crippen MR) is 118 cm³/mol. The molecule has 1 fully saturated rings. The summed E-state index contributed by atoms with van der Waals surface area (Å²) in [6.45, 7) is 5.69. The Kier molecular flexibility index (Phi) is 5.76. The van der Waals surface area contributed by atoms with Gasteiger partial charge >= 0.3 is 0 Å². The molecule has 4 rings (SSSR count). The fraction of sp³-hybridized carbons (Fsp3) is 0.333. The molecule has 2 heterocycles. The Bertz CT molecular complexity index is 940. The van der Waals surface area contributed by atoms with Crippen LogP contribution in [0.3, 0.4) is 0 Å². The standard InChI is InChI=1S/C24H26N2O2S/c1-17-7-11-19(12-8-17)26-23(27)21(25-15-5-3-4-6-16-25)22(24(26)28)29-20-13-9-18(2)10-14-20/h7-14H,3-6,15-16H2,1-2H3. The van der Waals surface area contributed by atoms with Gasteiger partial charge in [-0.15, -0.1) is 0 Å². The molecule has 0 N–H and O–H groups in total. The van der Waals surface area contributed by atoms with E-state index in [-0.39, 0.29) is 11.8 Å². The quantitative estimate of drug-likeness (QED) is 0.666. The lowest BCUT2D eigenvalue weighted by Gasteiger charge is -2.24. The van der Waals surface area contributed by atoms with Gasteiger partial charge in [0.15, 0.2) is 0 Å². The number of anilines is 1. The molecule has 2 aliphatic heterocycles. The molecule has 0 radical (unpaired) electrons. The minimum atomic E-state index is -0.219. The van der Waals surface area contributed by atoms with Crippen molar-refractivity contribution in [2.75, 3.05) is 18.0 Å². The van der Waals surface area contributed by atoms with Crippen LogP contribution in [0.25, 0.3) is 0 Å². The average Bonchev–Trinajstić information content (AvgIpc) is 2.89. The van der Waals surface area contributed by atoms with Gasteiger partial charge in [-0.2, -0.15) is 0 Å². The summed E-state index contributed by atoms with van der Waals surface area (Å²) < 4.78 is 0. The number of carbonyl (C=O) groups is 2. The van der Waals surface area contributed by atoms with E-state index in [1.54, 1.807) is 0 Å². The van der Waals surface area contributed by atoms with Crippen LogP contribution in [0.5, 0.6) is 0 Å². The fourth-order valence-electron chi connectivity index (χ4n) is 3.82. The highest BCUT2D eigenvalue weighted by molar-refractivity contribution is 8.04. The molecule has 4 nitrogen and oxygen atoms in total. The van der Waals surface area contributed by atoms with Crippen molar-refractivity contribution in [2.45, 2.75) is 44.4 Å². The molecule has 0 saturated carbocycles. The maximum atomic E-state index is 13.5. The number of aryl methyl sites for hydroxylation is 2. The Hall–Kier alpha value is -2.53. The van der Waals surface area contributed by atoms with Gasteiger partial charge in [0.1, 0.15) is 10.6 Å². The van der Waals surface area contributed by atoms with E-state index >= 15 is 0 Å². The number of likely N-dealkylation sites (tertiary alicyclic amines) is 1. The summed E-state index contributed by atoms with van der Waals surface area (Å²) in [4.78, 5) is 31.9. The number of rotatable bonds is 4. The number of amides is 2. The SMILES string of the molecule is Cc1ccc(SC2=C(N3CCCCCC3)C(=O)N(c3ccc(C)cc3)C2=O)cc1. The second kappa shape index (κ2) is 8.46. The Morgan fingerprint density at radius 1 is 0.724 bits per heavy atom. The van der Waals surface area contributed by atoms with Crippen LogP contribution >= 0.6 is 11.8 Å². The number of imide groups is 1. The average molecular weight is 407 g/mol. The van der Waals surface area contributed by atoms with Gasteiger partial charge in [0, 0.05) is 18.0 Å². The molecular formula is C24H26N2O2S. The molecule has 0 spiro atoms. The topological polar surface area (TPSA) is 40.6 Å². The highest BCUT2D eigenvalue weighted by Crippen LogP contribution is 2.39. The van der Waals surface area contributed by atoms with Crippen LogP contribution in [0, 0.1) is 13.8 Å². The molecular weight excluding hydrogens is 380 g/mol. The van der Waals surface area contributed by atoms with Crippen LogP contribution in [-0.2, 0) is 9.59 Å². The van der Waals surface area contributed by atoms with Gasteiger partial charge in [-0.05, 0) is 51.0 Å². The highest BCUT2D eigenvalue weighted by Gasteiger charge is 2.42. The Labute approximate surface area is 176 Å². The van der Waals surface area contributed by atoms with Crippen molar-refractivity contribution < 1.29 is 9.59 Å². The van der Waals surface area contributed by atoms with Crippen molar-refractivity contribution in [3.05, 3.63) is 70.3 Å². The van der Waals surface area contributed by atoms with E-state index in [0.29, 0.717) is 16.3 Å². The molecule has 2 aromatic carbocycles. The minimum absolute atomic E-state index is 0.199. The first-order valence-corrected chi connectivity index (χ1v) is 11.1. The third-order valence-corrected chi connectivity index (χ3v) is 6.55. The van der Waals surface area contributed by atoms with Gasteiger partial charge in [0.2, 0.25) is 0 Å². The van der Waals surface area contributed by atoms with E-state index in [0.717, 1.165) is 36.4 Å². The summed E-state index contributed by atoms with van der Waals surface area (Å²) in [5.74, 6) is -0.418. The molecule has 0 unspecified atom stereocenters. The van der Waals surface area contributed by atoms with Crippen molar-refractivity contribution in [2.24, 2.45) is 0 Å². The van der Waals surface area contributed by atoms with Gasteiger partial charge in [0.25, 0.3) is 11.8 Å². The first-order chi connectivity index (χ1) is 14.0. The van der Waals surface area contributed by atoms with E-state index in [2.05, 4.69) is 4.90 Å². The van der Waals surface area contributed by atoms with E-state index in [1.807, 2.05) is 62.4 Å². The van der Waals surface area contributed by atoms with Gasteiger partial charge in [-0.25, -0.2) is 4.90 Å². The van der Waals surface area contributed by atoms with E-state index in [1.165, 1.54) is 35.1 Å². The van der Waals surface area contributed by atoms with Crippen LogP contribution in [0.15, 0.2) is 64.0 Å². The van der Waals surface area contributed by atoms with Gasteiger partial charge in [0.05, 0.1) is 5.69 Å². The van der Waals surface area contributed by atoms with Gasteiger partial charge in [-0.1, -0.05) is 60.0 Å². The second-order valence-electron chi connectivity index (χ2n) is 7.78. The Balaban J connectivity index is 1.73. The molecule has 0 bridgehead atoms. The molecule has 0 aromatic heterocycles. The van der Waals surface area contributed by atoms with Crippen LogP contribution in [0.4, 0.5) is 5.69 Å². The molecule has 29 heavy (non-hydrogen) atoms. The van der Waals surface area contributed by atoms with Crippen molar-refractivity contribution in [3.63, 3.8) is 0 Å². The lowest BCUT2D eigenvalue weighted by Crippen LogP contribution is -2.35. The van der Waals surface area contributed by atoms with Crippen molar-refractivity contribution in [1.82, 2.24) is 4.90 Å². The monoisotopic (exact) mass is 406 g/mol. The van der Waals surface area contributed by atoms with Crippen molar-refractivity contribution in [1.29, 1.82) is 0 Å². The minimum Gasteiger partial charge on any atom is -0.366 e. The molecule has 2 aromatic rings. The largest absolute Gasteiger partial charge is 0.366 e. The van der Waals surface area contributed by atoms with Crippen LogP contribution in [0.1, 0.15) is 36.8 Å². The number of hydrogen-bond donors (Lipinski definition) is 0. The number of thioether (sulfide) groups is 1. The van der Waals surface area contributed by atoms with Crippen molar-refractivity contribution >= 4 is 29.3 Å². The number of carbonyl (C=O) groups excluding carboxylic acids is 2. The van der Waals surface area contributed by atoms with Crippen molar-refractivity contribution in [3.8, 4) is 0 Å². The molecule has 2 aliphatic rings. The summed E-state index contributed by atoms with van der Waals surface area (Å²) in [6, 6.07) is 15.7. The van der Waals surface area contributed by atoms with E-state index < -0.39 is 0 Å². The summed E-state index contributed by atoms with van der Waals surface area (Å²) in [5, 5.41) is 0. The number of hydrogen-bond acceptors (Lipinski definition) is 4. The molecule has 0 atom stereocenters. The first kappa shape index (κ1) is 19.8. The fourth-order valence-corrected chi connectivity index (χ4v) is 4.82. The molecule has 2 amide bonds. The van der Waals surface area contributed by atoms with E-state index in [9.17, 15) is 9.59 Å². The summed E-state index contributed by atoms with van der Waals surface area (Å²) in [5.41, 5.74) is 3.48. The summed E-state index contributed by atoms with van der Waals surface area (Å²) in [7, 11) is 0. The number of nitrogens with zero attached hydrogens (tertiary/aromatic N) is 2. The first-order valence-electron chi connectivity index (χ1n) is 10.2. The van der Waals surface area contributed by atoms with Crippen LogP contribution in [0.2, 0.25) is 0 Å². The predicted octanol–water partition coefficient (Wildman–Crippen LogP) is 5.06. The normalized spacial score (nSPS) is 17.9. The molecule has 5 heteroatoms. The smallest absolute Gasteiger partial charge is 0.283 e. The zero-order chi connectivity index (χ0) is 20.4. The zero-order valence-electron chi connectivity index (χ0n) is 17.0. The third kappa shape index (κ3) is 4.10. The maximum absolute atomic E-state index is 13.5. The lowest BCUT2D eigenvalue weighted by atomic mass is 10.2. The van der Waals surface area contributed by atoms with Gasteiger partial charge < -0.3 is 4.90 Å². The second-order valence-corrected chi connectivity index (χ2v) is 8.86. The summed E-state index contributed by atoms with van der Waals surface area (Å²) in [6.07, 6.45) is 4.46. The van der Waals surface area contributed by atoms with Crippen LogP contribution < -0.4 is 4.90 Å². The Morgan fingerprint density at radius 3 is 1.86 bits per heavy atom. The highest BCUT2D eigenvalue weighted by atomic mass is 32.2. The van der Waals surface area contributed by atoms with E-state index in [4.69, 9.17) is 0 Å². The number of benzene rings is 2. The zero-order valence-corrected chi connectivity index (χ0v) is 17.8. The molecule has 0 aliphatic carbocycles.